The van der Waals surface area contributed by atoms with Gasteiger partial charge in [0.2, 0.25) is 0 Å². The zero-order valence-corrected chi connectivity index (χ0v) is 12.1. The number of oxazole rings is 1. The van der Waals surface area contributed by atoms with Crippen molar-refractivity contribution in [2.75, 3.05) is 5.32 Å². The first kappa shape index (κ1) is 13.5. The molecule has 0 saturated heterocycles. The largest absolute Gasteiger partial charge is 0.508 e. The van der Waals surface area contributed by atoms with Crippen molar-refractivity contribution in [1.82, 2.24) is 4.98 Å². The van der Waals surface area contributed by atoms with Crippen molar-refractivity contribution >= 4 is 16.8 Å². The third-order valence-electron chi connectivity index (χ3n) is 3.31. The Bertz CT molecular complexity index is 762. The summed E-state index contributed by atoms with van der Waals surface area (Å²) in [5.74, 6) is 1.32. The standard InChI is InChI=1S/C17H18N2O2/c1-11(2)17-19-15-9-13(6-7-16(15)21-17)18-10-12-4-3-5-14(20)8-12/h3-9,11,18,20H,10H2,1-2H3. The van der Waals surface area contributed by atoms with Crippen LogP contribution >= 0.6 is 0 Å². The van der Waals surface area contributed by atoms with Crippen molar-refractivity contribution in [3.63, 3.8) is 0 Å². The van der Waals surface area contributed by atoms with Gasteiger partial charge in [-0.25, -0.2) is 4.98 Å². The van der Waals surface area contributed by atoms with E-state index in [-0.39, 0.29) is 11.7 Å². The molecule has 3 aromatic rings. The van der Waals surface area contributed by atoms with Crippen LogP contribution in [0.4, 0.5) is 5.69 Å². The van der Waals surface area contributed by atoms with E-state index in [0.717, 1.165) is 28.2 Å². The third-order valence-corrected chi connectivity index (χ3v) is 3.31. The number of benzene rings is 2. The molecule has 0 amide bonds. The van der Waals surface area contributed by atoms with E-state index in [2.05, 4.69) is 24.1 Å². The Kier molecular flexibility index (Phi) is 3.52. The third kappa shape index (κ3) is 2.99. The van der Waals surface area contributed by atoms with Gasteiger partial charge in [0.25, 0.3) is 0 Å². The summed E-state index contributed by atoms with van der Waals surface area (Å²) in [5.41, 5.74) is 3.67. The molecule has 0 atom stereocenters. The molecule has 21 heavy (non-hydrogen) atoms. The molecule has 0 aliphatic carbocycles. The summed E-state index contributed by atoms with van der Waals surface area (Å²) in [6, 6.07) is 13.1. The Labute approximate surface area is 123 Å². The fourth-order valence-electron chi connectivity index (χ4n) is 2.17. The molecule has 3 rings (SSSR count). The number of hydrogen-bond acceptors (Lipinski definition) is 4. The van der Waals surface area contributed by atoms with Gasteiger partial charge in [-0.2, -0.15) is 0 Å². The van der Waals surface area contributed by atoms with E-state index in [1.54, 1.807) is 12.1 Å². The van der Waals surface area contributed by atoms with Crippen LogP contribution in [0.5, 0.6) is 5.75 Å². The van der Waals surface area contributed by atoms with Crippen LogP contribution in [0.3, 0.4) is 0 Å². The zero-order valence-electron chi connectivity index (χ0n) is 12.1. The molecule has 0 saturated carbocycles. The van der Waals surface area contributed by atoms with Crippen molar-refractivity contribution in [3.05, 3.63) is 53.9 Å². The second-order valence-corrected chi connectivity index (χ2v) is 5.41. The monoisotopic (exact) mass is 282 g/mol. The van der Waals surface area contributed by atoms with Crippen molar-refractivity contribution in [1.29, 1.82) is 0 Å². The maximum atomic E-state index is 9.46. The van der Waals surface area contributed by atoms with Gasteiger partial charge in [-0.3, -0.25) is 0 Å². The zero-order chi connectivity index (χ0) is 14.8. The van der Waals surface area contributed by atoms with E-state index >= 15 is 0 Å². The summed E-state index contributed by atoms with van der Waals surface area (Å²) in [7, 11) is 0. The Morgan fingerprint density at radius 3 is 2.81 bits per heavy atom. The molecule has 1 heterocycles. The van der Waals surface area contributed by atoms with Crippen LogP contribution in [-0.2, 0) is 6.54 Å². The highest BCUT2D eigenvalue weighted by Crippen LogP contribution is 2.24. The number of phenolic OH excluding ortho intramolecular Hbond substituents is 1. The lowest BCUT2D eigenvalue weighted by Crippen LogP contribution is -1.98. The summed E-state index contributed by atoms with van der Waals surface area (Å²) in [6.07, 6.45) is 0. The lowest BCUT2D eigenvalue weighted by Gasteiger charge is -2.06. The van der Waals surface area contributed by atoms with Gasteiger partial charge < -0.3 is 14.8 Å². The predicted octanol–water partition coefficient (Wildman–Crippen LogP) is 4.27. The number of anilines is 1. The molecule has 0 aliphatic rings. The number of aromatic nitrogens is 1. The Hall–Kier alpha value is -2.49. The minimum absolute atomic E-state index is 0.279. The molecule has 0 aliphatic heterocycles. The molecular weight excluding hydrogens is 264 g/mol. The van der Waals surface area contributed by atoms with E-state index in [9.17, 15) is 5.11 Å². The van der Waals surface area contributed by atoms with Crippen LogP contribution in [-0.4, -0.2) is 10.1 Å². The first-order valence-corrected chi connectivity index (χ1v) is 7.04. The number of nitrogens with one attached hydrogen (secondary N) is 1. The number of fused-ring (bicyclic) bond motifs is 1. The van der Waals surface area contributed by atoms with Crippen LogP contribution < -0.4 is 5.32 Å². The molecule has 0 bridgehead atoms. The van der Waals surface area contributed by atoms with E-state index in [1.807, 2.05) is 30.3 Å². The number of nitrogens with zero attached hydrogens (tertiary/aromatic N) is 1. The molecule has 108 valence electrons. The maximum absolute atomic E-state index is 9.46. The minimum Gasteiger partial charge on any atom is -0.508 e. The van der Waals surface area contributed by atoms with E-state index in [0.29, 0.717) is 6.54 Å². The lowest BCUT2D eigenvalue weighted by molar-refractivity contribution is 0.474. The van der Waals surface area contributed by atoms with Crippen molar-refractivity contribution < 1.29 is 9.52 Å². The number of hydrogen-bond donors (Lipinski definition) is 2. The van der Waals surface area contributed by atoms with Gasteiger partial charge in [-0.15, -0.1) is 0 Å². The van der Waals surface area contributed by atoms with E-state index in [4.69, 9.17) is 4.42 Å². The second-order valence-electron chi connectivity index (χ2n) is 5.41. The Balaban J connectivity index is 1.78. The maximum Gasteiger partial charge on any atom is 0.198 e. The molecular formula is C17H18N2O2. The van der Waals surface area contributed by atoms with Gasteiger partial charge in [0.05, 0.1) is 0 Å². The van der Waals surface area contributed by atoms with Gasteiger partial charge in [0.15, 0.2) is 11.5 Å². The Morgan fingerprint density at radius 1 is 1.19 bits per heavy atom. The van der Waals surface area contributed by atoms with Crippen LogP contribution in [0.2, 0.25) is 0 Å². The van der Waals surface area contributed by atoms with Gasteiger partial charge in [0, 0.05) is 18.2 Å². The molecule has 2 aromatic carbocycles. The SMILES string of the molecule is CC(C)c1nc2cc(NCc3cccc(O)c3)ccc2o1. The van der Waals surface area contributed by atoms with Gasteiger partial charge in [-0.1, -0.05) is 26.0 Å². The molecule has 4 nitrogen and oxygen atoms in total. The number of rotatable bonds is 4. The minimum atomic E-state index is 0.279. The van der Waals surface area contributed by atoms with Crippen molar-refractivity contribution in [2.45, 2.75) is 26.3 Å². The second kappa shape index (κ2) is 5.48. The van der Waals surface area contributed by atoms with Gasteiger partial charge in [-0.05, 0) is 35.9 Å². The quantitative estimate of drug-likeness (QED) is 0.750. The highest BCUT2D eigenvalue weighted by Gasteiger charge is 2.09. The number of phenols is 1. The summed E-state index contributed by atoms with van der Waals surface area (Å²) in [6.45, 7) is 4.77. The topological polar surface area (TPSA) is 58.3 Å². The molecule has 0 spiro atoms. The van der Waals surface area contributed by atoms with Gasteiger partial charge in [0.1, 0.15) is 11.3 Å². The molecule has 4 heteroatoms. The molecule has 0 unspecified atom stereocenters. The highest BCUT2D eigenvalue weighted by atomic mass is 16.3. The molecule has 0 radical (unpaired) electrons. The average molecular weight is 282 g/mol. The average Bonchev–Trinajstić information content (AvgIpc) is 2.88. The van der Waals surface area contributed by atoms with Crippen LogP contribution in [0.25, 0.3) is 11.1 Å². The fraction of sp³-hybridized carbons (Fsp3) is 0.235. The summed E-state index contributed by atoms with van der Waals surface area (Å²) in [5, 5.41) is 12.8. The number of aromatic hydroxyl groups is 1. The van der Waals surface area contributed by atoms with Crippen LogP contribution in [0, 0.1) is 0 Å². The van der Waals surface area contributed by atoms with E-state index < -0.39 is 0 Å². The van der Waals surface area contributed by atoms with E-state index in [1.165, 1.54) is 0 Å². The lowest BCUT2D eigenvalue weighted by atomic mass is 10.2. The summed E-state index contributed by atoms with van der Waals surface area (Å²) in [4.78, 5) is 4.50. The predicted molar refractivity (Wildman–Crippen MR) is 83.5 cm³/mol. The molecule has 2 N–H and O–H groups in total. The van der Waals surface area contributed by atoms with Crippen LogP contribution in [0.15, 0.2) is 46.9 Å². The molecule has 0 fully saturated rings. The van der Waals surface area contributed by atoms with Gasteiger partial charge >= 0.3 is 0 Å². The van der Waals surface area contributed by atoms with Crippen molar-refractivity contribution in [2.24, 2.45) is 0 Å². The Morgan fingerprint density at radius 2 is 2.05 bits per heavy atom. The van der Waals surface area contributed by atoms with Crippen molar-refractivity contribution in [3.8, 4) is 5.75 Å². The van der Waals surface area contributed by atoms with Crippen LogP contribution in [0.1, 0.15) is 31.2 Å². The first-order chi connectivity index (χ1) is 10.1. The summed E-state index contributed by atoms with van der Waals surface area (Å²) >= 11 is 0. The highest BCUT2D eigenvalue weighted by molar-refractivity contribution is 5.77. The first-order valence-electron chi connectivity index (χ1n) is 7.04. The molecule has 1 aromatic heterocycles. The fourth-order valence-corrected chi connectivity index (χ4v) is 2.17. The summed E-state index contributed by atoms with van der Waals surface area (Å²) < 4.78 is 5.69. The normalized spacial score (nSPS) is 11.2. The smallest absolute Gasteiger partial charge is 0.198 e.